The number of rotatable bonds is 4. The van der Waals surface area contributed by atoms with E-state index < -0.39 is 0 Å². The summed E-state index contributed by atoms with van der Waals surface area (Å²) in [5.74, 6) is 0.261. The van der Waals surface area contributed by atoms with Crippen molar-refractivity contribution in [1.82, 2.24) is 15.3 Å². The van der Waals surface area contributed by atoms with Gasteiger partial charge in [0.05, 0.1) is 22.8 Å². The SMILES string of the molecule is C[C@@H](NC(=O)C1=NN(c2ccccc2)C(=O)CC1)c1nc2ccccc2[nH]1. The Morgan fingerprint density at radius 3 is 2.63 bits per heavy atom. The van der Waals surface area contributed by atoms with Gasteiger partial charge in [-0.05, 0) is 31.2 Å². The molecule has 4 rings (SSSR count). The summed E-state index contributed by atoms with van der Waals surface area (Å²) in [6.07, 6.45) is 0.570. The fraction of sp³-hybridized carbons (Fsp3) is 0.200. The van der Waals surface area contributed by atoms with Crippen LogP contribution < -0.4 is 10.3 Å². The topological polar surface area (TPSA) is 90.4 Å². The Balaban J connectivity index is 1.52. The molecule has 0 saturated heterocycles. The molecule has 0 unspecified atom stereocenters. The van der Waals surface area contributed by atoms with Crippen molar-refractivity contribution in [2.75, 3.05) is 5.01 Å². The summed E-state index contributed by atoms with van der Waals surface area (Å²) in [4.78, 5) is 32.6. The van der Waals surface area contributed by atoms with Crippen molar-refractivity contribution in [2.45, 2.75) is 25.8 Å². The Kier molecular flexibility index (Phi) is 4.42. The third-order valence-electron chi connectivity index (χ3n) is 4.46. The number of benzene rings is 2. The van der Waals surface area contributed by atoms with Crippen LogP contribution >= 0.6 is 0 Å². The van der Waals surface area contributed by atoms with Gasteiger partial charge in [-0.15, -0.1) is 0 Å². The first-order valence-corrected chi connectivity index (χ1v) is 8.83. The number of hydrogen-bond acceptors (Lipinski definition) is 4. The standard InChI is InChI=1S/C20H19N5O2/c1-13(19-22-15-9-5-6-10-16(15)23-19)21-20(27)17-11-12-18(26)25(24-17)14-7-3-2-4-8-14/h2-10,13H,11-12H2,1H3,(H,21,27)(H,22,23)/t13-/m1/s1. The second kappa shape index (κ2) is 7.03. The molecular weight excluding hydrogens is 342 g/mol. The van der Waals surface area contributed by atoms with E-state index in [2.05, 4.69) is 20.4 Å². The number of aromatic amines is 1. The lowest BCUT2D eigenvalue weighted by Gasteiger charge is -2.23. The maximum atomic E-state index is 12.7. The molecule has 27 heavy (non-hydrogen) atoms. The summed E-state index contributed by atoms with van der Waals surface area (Å²) in [5, 5.41) is 8.49. The zero-order valence-electron chi connectivity index (χ0n) is 14.8. The maximum absolute atomic E-state index is 12.7. The van der Waals surface area contributed by atoms with Crippen LogP contribution in [0, 0.1) is 0 Å². The van der Waals surface area contributed by atoms with E-state index in [1.54, 1.807) is 12.1 Å². The lowest BCUT2D eigenvalue weighted by atomic mass is 10.1. The number of aromatic nitrogens is 2. The Morgan fingerprint density at radius 1 is 1.11 bits per heavy atom. The van der Waals surface area contributed by atoms with Gasteiger partial charge in [0.1, 0.15) is 11.5 Å². The number of amides is 2. The van der Waals surface area contributed by atoms with Crippen LogP contribution in [0.15, 0.2) is 59.7 Å². The quantitative estimate of drug-likeness (QED) is 0.748. The highest BCUT2D eigenvalue weighted by atomic mass is 16.2. The minimum Gasteiger partial charge on any atom is -0.341 e. The van der Waals surface area contributed by atoms with Crippen LogP contribution in [-0.4, -0.2) is 27.5 Å². The number of carbonyl (C=O) groups excluding carboxylic acids is 2. The normalized spacial score (nSPS) is 15.5. The molecule has 7 heteroatoms. The number of carbonyl (C=O) groups is 2. The van der Waals surface area contributed by atoms with Gasteiger partial charge in [0.15, 0.2) is 0 Å². The zero-order chi connectivity index (χ0) is 18.8. The number of imidazole rings is 1. The van der Waals surface area contributed by atoms with Crippen molar-refractivity contribution < 1.29 is 9.59 Å². The van der Waals surface area contributed by atoms with Gasteiger partial charge in [0.25, 0.3) is 5.91 Å². The first kappa shape index (κ1) is 17.0. The summed E-state index contributed by atoms with van der Waals surface area (Å²) in [6, 6.07) is 16.5. The third kappa shape index (κ3) is 3.44. The van der Waals surface area contributed by atoms with Crippen LogP contribution in [-0.2, 0) is 9.59 Å². The van der Waals surface area contributed by atoms with Gasteiger partial charge in [0, 0.05) is 12.8 Å². The Hall–Kier alpha value is -3.48. The van der Waals surface area contributed by atoms with Crippen molar-refractivity contribution >= 4 is 34.2 Å². The number of hydrogen-bond donors (Lipinski definition) is 2. The largest absolute Gasteiger partial charge is 0.341 e. The number of fused-ring (bicyclic) bond motifs is 1. The van der Waals surface area contributed by atoms with Gasteiger partial charge < -0.3 is 10.3 Å². The predicted molar refractivity (Wildman–Crippen MR) is 103 cm³/mol. The van der Waals surface area contributed by atoms with Crippen LogP contribution in [0.2, 0.25) is 0 Å². The van der Waals surface area contributed by atoms with E-state index in [0.29, 0.717) is 23.6 Å². The molecule has 0 bridgehead atoms. The molecule has 1 aliphatic rings. The highest BCUT2D eigenvalue weighted by molar-refractivity contribution is 6.40. The van der Waals surface area contributed by atoms with Crippen LogP contribution in [0.3, 0.4) is 0 Å². The highest BCUT2D eigenvalue weighted by Crippen LogP contribution is 2.20. The zero-order valence-corrected chi connectivity index (χ0v) is 14.8. The summed E-state index contributed by atoms with van der Waals surface area (Å²) >= 11 is 0. The molecule has 0 spiro atoms. The molecule has 136 valence electrons. The molecule has 1 aromatic heterocycles. The van der Waals surface area contributed by atoms with E-state index in [0.717, 1.165) is 11.0 Å². The average molecular weight is 361 g/mol. The van der Waals surface area contributed by atoms with E-state index in [4.69, 9.17) is 0 Å². The maximum Gasteiger partial charge on any atom is 0.268 e. The van der Waals surface area contributed by atoms with Crippen molar-refractivity contribution in [3.05, 3.63) is 60.4 Å². The van der Waals surface area contributed by atoms with E-state index in [9.17, 15) is 9.59 Å². The molecule has 1 aliphatic heterocycles. The van der Waals surface area contributed by atoms with Crippen molar-refractivity contribution in [3.63, 3.8) is 0 Å². The fourth-order valence-corrected chi connectivity index (χ4v) is 3.01. The van der Waals surface area contributed by atoms with E-state index >= 15 is 0 Å². The first-order chi connectivity index (χ1) is 13.1. The van der Waals surface area contributed by atoms with E-state index in [1.807, 2.05) is 49.4 Å². The van der Waals surface area contributed by atoms with Gasteiger partial charge in [-0.2, -0.15) is 5.10 Å². The fourth-order valence-electron chi connectivity index (χ4n) is 3.01. The molecule has 2 aromatic carbocycles. The summed E-state index contributed by atoms with van der Waals surface area (Å²) in [7, 11) is 0. The van der Waals surface area contributed by atoms with Gasteiger partial charge >= 0.3 is 0 Å². The molecule has 7 nitrogen and oxygen atoms in total. The minimum atomic E-state index is -0.310. The van der Waals surface area contributed by atoms with E-state index in [-0.39, 0.29) is 24.3 Å². The predicted octanol–water partition coefficient (Wildman–Crippen LogP) is 2.92. The Morgan fingerprint density at radius 2 is 1.85 bits per heavy atom. The molecule has 1 atom stereocenters. The number of H-pyrrole nitrogens is 1. The molecule has 2 heterocycles. The minimum absolute atomic E-state index is 0.122. The van der Waals surface area contributed by atoms with Crippen LogP contribution in [0.1, 0.15) is 31.6 Å². The molecule has 2 N–H and O–H groups in total. The third-order valence-corrected chi connectivity index (χ3v) is 4.46. The molecule has 0 aliphatic carbocycles. The van der Waals surface area contributed by atoms with Crippen LogP contribution in [0.5, 0.6) is 0 Å². The van der Waals surface area contributed by atoms with Crippen LogP contribution in [0.4, 0.5) is 5.69 Å². The number of hydrazone groups is 1. The molecule has 3 aromatic rings. The lowest BCUT2D eigenvalue weighted by molar-refractivity contribution is -0.119. The van der Waals surface area contributed by atoms with Gasteiger partial charge in [-0.25, -0.2) is 9.99 Å². The summed E-state index contributed by atoms with van der Waals surface area (Å²) < 4.78 is 0. The first-order valence-electron chi connectivity index (χ1n) is 8.83. The Bertz CT molecular complexity index is 992. The van der Waals surface area contributed by atoms with Crippen molar-refractivity contribution in [2.24, 2.45) is 5.10 Å². The summed E-state index contributed by atoms with van der Waals surface area (Å²) in [6.45, 7) is 1.86. The number of para-hydroxylation sites is 3. The number of anilines is 1. The monoisotopic (exact) mass is 361 g/mol. The molecule has 0 saturated carbocycles. The van der Waals surface area contributed by atoms with Gasteiger partial charge in [-0.3, -0.25) is 9.59 Å². The molecular formula is C20H19N5O2. The second-order valence-corrected chi connectivity index (χ2v) is 6.42. The van der Waals surface area contributed by atoms with Crippen molar-refractivity contribution in [3.8, 4) is 0 Å². The number of nitrogens with one attached hydrogen (secondary N) is 2. The van der Waals surface area contributed by atoms with E-state index in [1.165, 1.54) is 5.01 Å². The van der Waals surface area contributed by atoms with Gasteiger partial charge in [-0.1, -0.05) is 30.3 Å². The summed E-state index contributed by atoms with van der Waals surface area (Å²) in [5.41, 5.74) is 2.76. The molecule has 0 fully saturated rings. The molecule has 0 radical (unpaired) electrons. The average Bonchev–Trinajstić information content (AvgIpc) is 3.13. The van der Waals surface area contributed by atoms with Crippen molar-refractivity contribution in [1.29, 1.82) is 0 Å². The lowest BCUT2D eigenvalue weighted by Crippen LogP contribution is -2.40. The molecule has 2 amide bonds. The Labute approximate surface area is 156 Å². The smallest absolute Gasteiger partial charge is 0.268 e. The van der Waals surface area contributed by atoms with Gasteiger partial charge in [0.2, 0.25) is 5.91 Å². The second-order valence-electron chi connectivity index (χ2n) is 6.42. The number of nitrogens with zero attached hydrogens (tertiary/aromatic N) is 3. The van der Waals surface area contributed by atoms with Crippen LogP contribution in [0.25, 0.3) is 11.0 Å². The highest BCUT2D eigenvalue weighted by Gasteiger charge is 2.26.